The van der Waals surface area contributed by atoms with Crippen molar-refractivity contribution < 1.29 is 22.8 Å². The van der Waals surface area contributed by atoms with Crippen molar-refractivity contribution >= 4 is 39.6 Å². The molecule has 0 bridgehead atoms. The van der Waals surface area contributed by atoms with E-state index in [1.54, 1.807) is 36.4 Å². The van der Waals surface area contributed by atoms with Gasteiger partial charge in [0.05, 0.1) is 4.90 Å². The Kier molecular flexibility index (Phi) is 6.53. The Labute approximate surface area is 208 Å². The maximum absolute atomic E-state index is 12.9. The Morgan fingerprint density at radius 2 is 1.75 bits per heavy atom. The summed E-state index contributed by atoms with van der Waals surface area (Å²) >= 11 is 0. The van der Waals surface area contributed by atoms with Crippen molar-refractivity contribution in [1.29, 1.82) is 0 Å². The molecule has 2 heterocycles. The van der Waals surface area contributed by atoms with Crippen LogP contribution in [0.3, 0.4) is 0 Å². The summed E-state index contributed by atoms with van der Waals surface area (Å²) in [6.07, 6.45) is 1.55. The van der Waals surface area contributed by atoms with Gasteiger partial charge in [-0.15, -0.1) is 0 Å². The van der Waals surface area contributed by atoms with Gasteiger partial charge in [-0.1, -0.05) is 12.1 Å². The number of urea groups is 1. The lowest BCUT2D eigenvalue weighted by Crippen LogP contribution is -2.38. The molecule has 4 N–H and O–H groups in total. The number of sulfonamides is 1. The standard InChI is InChI=1S/C25H25N5O5S/c1-15-5-4-6-19(11-15)27-23(31)14-29-24(32)22(28-25(29)33)13-18-12-16(2)30(17(18)3)20-7-9-21(10-8-20)36(26,34)35/h4-13H,14H2,1-3H3,(H,27,31)(H,28,33)(H2,26,34,35)/b22-13+. The summed E-state index contributed by atoms with van der Waals surface area (Å²) in [4.78, 5) is 38.6. The molecule has 36 heavy (non-hydrogen) atoms. The van der Waals surface area contributed by atoms with E-state index in [1.165, 1.54) is 12.1 Å². The molecule has 1 fully saturated rings. The number of primary sulfonamides is 1. The summed E-state index contributed by atoms with van der Waals surface area (Å²) in [5, 5.41) is 10.4. The number of hydrogen-bond donors (Lipinski definition) is 3. The monoisotopic (exact) mass is 507 g/mol. The number of rotatable bonds is 6. The van der Waals surface area contributed by atoms with Gasteiger partial charge in [0, 0.05) is 22.8 Å². The van der Waals surface area contributed by atoms with Crippen LogP contribution in [0, 0.1) is 20.8 Å². The number of benzene rings is 2. The molecule has 0 saturated carbocycles. The zero-order valence-corrected chi connectivity index (χ0v) is 20.7. The zero-order chi connectivity index (χ0) is 26.2. The van der Waals surface area contributed by atoms with Crippen LogP contribution >= 0.6 is 0 Å². The molecule has 186 valence electrons. The highest BCUT2D eigenvalue weighted by Crippen LogP contribution is 2.25. The second-order valence-corrected chi connectivity index (χ2v) is 10.1. The molecule has 4 amide bonds. The Hall–Kier alpha value is -4.22. The third kappa shape index (κ3) is 5.07. The van der Waals surface area contributed by atoms with Crippen LogP contribution in [0.15, 0.2) is 65.2 Å². The summed E-state index contributed by atoms with van der Waals surface area (Å²) in [6.45, 7) is 5.16. The Morgan fingerprint density at radius 1 is 1.06 bits per heavy atom. The largest absolute Gasteiger partial charge is 0.329 e. The number of aryl methyl sites for hydroxylation is 2. The molecule has 1 saturated heterocycles. The van der Waals surface area contributed by atoms with Crippen molar-refractivity contribution in [2.24, 2.45) is 5.14 Å². The second-order valence-electron chi connectivity index (χ2n) is 8.50. The van der Waals surface area contributed by atoms with Crippen molar-refractivity contribution in [3.63, 3.8) is 0 Å². The van der Waals surface area contributed by atoms with Crippen LogP contribution in [-0.2, 0) is 19.6 Å². The van der Waals surface area contributed by atoms with Crippen LogP contribution in [0.4, 0.5) is 10.5 Å². The minimum absolute atomic E-state index is 0.00171. The first-order chi connectivity index (χ1) is 16.9. The van der Waals surface area contributed by atoms with Gasteiger partial charge in [-0.3, -0.25) is 9.59 Å². The zero-order valence-electron chi connectivity index (χ0n) is 19.9. The van der Waals surface area contributed by atoms with Gasteiger partial charge in [0.15, 0.2) is 0 Å². The molecule has 2 aromatic carbocycles. The van der Waals surface area contributed by atoms with Crippen molar-refractivity contribution in [3.05, 3.63) is 82.8 Å². The number of nitrogens with one attached hydrogen (secondary N) is 2. The number of hydrogen-bond acceptors (Lipinski definition) is 5. The third-order valence-electron chi connectivity index (χ3n) is 5.76. The Balaban J connectivity index is 1.54. The van der Waals surface area contributed by atoms with E-state index in [4.69, 9.17) is 5.14 Å². The molecule has 10 nitrogen and oxygen atoms in total. The third-order valence-corrected chi connectivity index (χ3v) is 6.69. The lowest BCUT2D eigenvalue weighted by atomic mass is 10.2. The topological polar surface area (TPSA) is 144 Å². The normalized spacial score (nSPS) is 14.9. The van der Waals surface area contributed by atoms with E-state index < -0.39 is 34.4 Å². The maximum atomic E-state index is 12.9. The molecule has 1 aliphatic rings. The first kappa shape index (κ1) is 24.9. The summed E-state index contributed by atoms with van der Waals surface area (Å²) in [5.74, 6) is -1.10. The lowest BCUT2D eigenvalue weighted by Gasteiger charge is -2.12. The average molecular weight is 508 g/mol. The highest BCUT2D eigenvalue weighted by atomic mass is 32.2. The Bertz CT molecular complexity index is 1520. The number of nitrogens with two attached hydrogens (primary N) is 1. The molecule has 0 radical (unpaired) electrons. The van der Waals surface area contributed by atoms with Crippen molar-refractivity contribution in [1.82, 2.24) is 14.8 Å². The van der Waals surface area contributed by atoms with Gasteiger partial charge >= 0.3 is 6.03 Å². The number of carbonyl (C=O) groups excluding carboxylic acids is 3. The molecule has 0 aliphatic carbocycles. The molecular formula is C25H25N5O5S. The van der Waals surface area contributed by atoms with E-state index in [2.05, 4.69) is 10.6 Å². The Morgan fingerprint density at radius 3 is 2.39 bits per heavy atom. The van der Waals surface area contributed by atoms with Gasteiger partial charge in [-0.2, -0.15) is 0 Å². The number of nitrogens with zero attached hydrogens (tertiary/aromatic N) is 2. The number of aromatic nitrogens is 1. The molecule has 0 spiro atoms. The van der Waals surface area contributed by atoms with E-state index in [0.717, 1.165) is 21.9 Å². The molecular weight excluding hydrogens is 482 g/mol. The molecule has 1 aliphatic heterocycles. The van der Waals surface area contributed by atoms with Gasteiger partial charge in [-0.25, -0.2) is 23.3 Å². The lowest BCUT2D eigenvalue weighted by molar-refractivity contribution is -0.127. The van der Waals surface area contributed by atoms with Gasteiger partial charge in [0.2, 0.25) is 15.9 Å². The second kappa shape index (κ2) is 9.44. The highest BCUT2D eigenvalue weighted by Gasteiger charge is 2.35. The molecule has 4 rings (SSSR count). The van der Waals surface area contributed by atoms with Crippen LogP contribution in [0.25, 0.3) is 11.8 Å². The number of amides is 4. The summed E-state index contributed by atoms with van der Waals surface area (Å²) in [7, 11) is -3.81. The van der Waals surface area contributed by atoms with Crippen molar-refractivity contribution in [2.75, 3.05) is 11.9 Å². The van der Waals surface area contributed by atoms with Crippen LogP contribution < -0.4 is 15.8 Å². The van der Waals surface area contributed by atoms with Crippen LogP contribution in [0.1, 0.15) is 22.5 Å². The van der Waals surface area contributed by atoms with Gasteiger partial charge < -0.3 is 15.2 Å². The van der Waals surface area contributed by atoms with Crippen LogP contribution in [-0.4, -0.2) is 42.3 Å². The number of imide groups is 1. The molecule has 0 unspecified atom stereocenters. The molecule has 11 heteroatoms. The smallest absolute Gasteiger partial charge is 0.325 e. The van der Waals surface area contributed by atoms with Crippen LogP contribution in [0.2, 0.25) is 0 Å². The summed E-state index contributed by atoms with van der Waals surface area (Å²) in [6, 6.07) is 14.4. The number of anilines is 1. The van der Waals surface area contributed by atoms with Gasteiger partial charge in [-0.05, 0) is 80.4 Å². The van der Waals surface area contributed by atoms with E-state index >= 15 is 0 Å². The summed E-state index contributed by atoms with van der Waals surface area (Å²) in [5.41, 5.74) is 4.57. The fraction of sp³-hybridized carbons (Fsp3) is 0.160. The molecule has 1 aromatic heterocycles. The van der Waals surface area contributed by atoms with E-state index in [0.29, 0.717) is 16.9 Å². The minimum Gasteiger partial charge on any atom is -0.325 e. The fourth-order valence-corrected chi connectivity index (χ4v) is 4.57. The first-order valence-corrected chi connectivity index (χ1v) is 12.5. The minimum atomic E-state index is -3.81. The summed E-state index contributed by atoms with van der Waals surface area (Å²) < 4.78 is 25.0. The van der Waals surface area contributed by atoms with Crippen molar-refractivity contribution in [2.45, 2.75) is 25.7 Å². The first-order valence-electron chi connectivity index (χ1n) is 11.0. The van der Waals surface area contributed by atoms with E-state index in [9.17, 15) is 22.8 Å². The average Bonchev–Trinajstić information content (AvgIpc) is 3.22. The van der Waals surface area contributed by atoms with Crippen LogP contribution in [0.5, 0.6) is 0 Å². The fourth-order valence-electron chi connectivity index (χ4n) is 4.05. The number of carbonyl (C=O) groups is 3. The highest BCUT2D eigenvalue weighted by molar-refractivity contribution is 7.89. The predicted octanol–water partition coefficient (Wildman–Crippen LogP) is 2.58. The molecule has 0 atom stereocenters. The SMILES string of the molecule is Cc1cccc(NC(=O)CN2C(=O)N/C(=C/c3cc(C)n(-c4ccc(S(N)(=O)=O)cc4)c3C)C2=O)c1. The van der Waals surface area contributed by atoms with Gasteiger partial charge in [0.25, 0.3) is 5.91 Å². The maximum Gasteiger partial charge on any atom is 0.329 e. The predicted molar refractivity (Wildman–Crippen MR) is 135 cm³/mol. The van der Waals surface area contributed by atoms with E-state index in [1.807, 2.05) is 37.5 Å². The van der Waals surface area contributed by atoms with E-state index in [-0.39, 0.29) is 10.6 Å². The van der Waals surface area contributed by atoms with Gasteiger partial charge in [0.1, 0.15) is 12.2 Å². The molecule has 3 aromatic rings. The van der Waals surface area contributed by atoms with Crippen molar-refractivity contribution in [3.8, 4) is 5.69 Å². The quantitative estimate of drug-likeness (QED) is 0.347.